The second-order valence-corrected chi connectivity index (χ2v) is 4.74. The Morgan fingerprint density at radius 3 is 2.75 bits per heavy atom. The van der Waals surface area contributed by atoms with Gasteiger partial charge >= 0.3 is 5.97 Å². The van der Waals surface area contributed by atoms with E-state index in [2.05, 4.69) is 5.32 Å². The fraction of sp³-hybridized carbons (Fsp3) is 0.917. The Bertz CT molecular complexity index is 234. The number of methoxy groups -OCH3 is 1. The Morgan fingerprint density at radius 2 is 2.25 bits per heavy atom. The summed E-state index contributed by atoms with van der Waals surface area (Å²) in [7, 11) is 1.46. The maximum Gasteiger partial charge on any atom is 0.323 e. The van der Waals surface area contributed by atoms with E-state index >= 15 is 0 Å². The molecule has 0 aromatic carbocycles. The van der Waals surface area contributed by atoms with Gasteiger partial charge in [-0.1, -0.05) is 6.42 Å². The lowest BCUT2D eigenvalue weighted by Gasteiger charge is -2.33. The quantitative estimate of drug-likeness (QED) is 0.714. The summed E-state index contributed by atoms with van der Waals surface area (Å²) in [6.45, 7) is 1.63. The lowest BCUT2D eigenvalue weighted by Crippen LogP contribution is -2.48. The van der Waals surface area contributed by atoms with E-state index in [-0.39, 0.29) is 18.1 Å². The van der Waals surface area contributed by atoms with Gasteiger partial charge < -0.3 is 14.8 Å². The SMILES string of the molecule is COC(=O)C(NCC1CCCO1)C1CCC1. The first-order valence-electron chi connectivity index (χ1n) is 6.24. The molecule has 0 aromatic heterocycles. The first kappa shape index (κ1) is 11.9. The highest BCUT2D eigenvalue weighted by atomic mass is 16.5. The predicted octanol–water partition coefficient (Wildman–Crippen LogP) is 1.10. The van der Waals surface area contributed by atoms with Crippen LogP contribution in [0.1, 0.15) is 32.1 Å². The summed E-state index contributed by atoms with van der Waals surface area (Å²) in [6, 6.07) is -0.122. The van der Waals surface area contributed by atoms with Crippen LogP contribution < -0.4 is 5.32 Å². The van der Waals surface area contributed by atoms with E-state index in [0.29, 0.717) is 5.92 Å². The molecule has 1 N–H and O–H groups in total. The number of carbonyl (C=O) groups excluding carboxylic acids is 1. The van der Waals surface area contributed by atoms with Gasteiger partial charge in [0.2, 0.25) is 0 Å². The number of hydrogen-bond donors (Lipinski definition) is 1. The Labute approximate surface area is 96.7 Å². The summed E-state index contributed by atoms with van der Waals surface area (Å²) in [5.41, 5.74) is 0. The minimum Gasteiger partial charge on any atom is -0.468 e. The maximum absolute atomic E-state index is 11.6. The van der Waals surface area contributed by atoms with Crippen molar-refractivity contribution >= 4 is 5.97 Å². The Balaban J connectivity index is 1.78. The van der Waals surface area contributed by atoms with Crippen LogP contribution in [0.5, 0.6) is 0 Å². The van der Waals surface area contributed by atoms with Gasteiger partial charge in [-0.2, -0.15) is 0 Å². The third-order valence-corrected chi connectivity index (χ3v) is 3.67. The second kappa shape index (κ2) is 5.64. The van der Waals surface area contributed by atoms with Crippen molar-refractivity contribution in [3.8, 4) is 0 Å². The van der Waals surface area contributed by atoms with Crippen molar-refractivity contribution in [1.29, 1.82) is 0 Å². The van der Waals surface area contributed by atoms with Crippen molar-refractivity contribution in [2.45, 2.75) is 44.2 Å². The highest BCUT2D eigenvalue weighted by Crippen LogP contribution is 2.30. The van der Waals surface area contributed by atoms with Crippen molar-refractivity contribution in [1.82, 2.24) is 5.32 Å². The van der Waals surface area contributed by atoms with Gasteiger partial charge in [-0.15, -0.1) is 0 Å². The smallest absolute Gasteiger partial charge is 0.323 e. The van der Waals surface area contributed by atoms with Crippen LogP contribution in [0.25, 0.3) is 0 Å². The van der Waals surface area contributed by atoms with Crippen LogP contribution in [0, 0.1) is 5.92 Å². The largest absolute Gasteiger partial charge is 0.468 e. The van der Waals surface area contributed by atoms with Crippen LogP contribution in [0.3, 0.4) is 0 Å². The summed E-state index contributed by atoms with van der Waals surface area (Å²) in [6.07, 6.45) is 6.04. The summed E-state index contributed by atoms with van der Waals surface area (Å²) < 4.78 is 10.4. The highest BCUT2D eigenvalue weighted by molar-refractivity contribution is 5.76. The first-order chi connectivity index (χ1) is 7.81. The van der Waals surface area contributed by atoms with Crippen LogP contribution in [-0.2, 0) is 14.3 Å². The van der Waals surface area contributed by atoms with E-state index in [1.165, 1.54) is 13.5 Å². The Hall–Kier alpha value is -0.610. The molecule has 2 aliphatic rings. The molecule has 2 atom stereocenters. The fourth-order valence-electron chi connectivity index (χ4n) is 2.41. The van der Waals surface area contributed by atoms with Crippen molar-refractivity contribution in [3.05, 3.63) is 0 Å². The Morgan fingerprint density at radius 1 is 1.44 bits per heavy atom. The van der Waals surface area contributed by atoms with Crippen molar-refractivity contribution in [3.63, 3.8) is 0 Å². The van der Waals surface area contributed by atoms with Gasteiger partial charge in [0, 0.05) is 13.2 Å². The van der Waals surface area contributed by atoms with Crippen molar-refractivity contribution < 1.29 is 14.3 Å². The molecule has 2 rings (SSSR count). The Kier molecular flexibility index (Phi) is 4.18. The molecule has 1 aliphatic heterocycles. The van der Waals surface area contributed by atoms with Gasteiger partial charge in [0.1, 0.15) is 6.04 Å². The number of nitrogens with one attached hydrogen (secondary N) is 1. The van der Waals surface area contributed by atoms with Gasteiger partial charge in [0.25, 0.3) is 0 Å². The molecule has 4 nitrogen and oxygen atoms in total. The number of rotatable bonds is 5. The van der Waals surface area contributed by atoms with Crippen LogP contribution in [0.2, 0.25) is 0 Å². The van der Waals surface area contributed by atoms with Crippen LogP contribution >= 0.6 is 0 Å². The highest BCUT2D eigenvalue weighted by Gasteiger charge is 2.33. The zero-order chi connectivity index (χ0) is 11.4. The molecule has 0 radical (unpaired) electrons. The molecule has 1 aliphatic carbocycles. The van der Waals surface area contributed by atoms with Gasteiger partial charge in [0.15, 0.2) is 0 Å². The fourth-order valence-corrected chi connectivity index (χ4v) is 2.41. The zero-order valence-electron chi connectivity index (χ0n) is 9.91. The summed E-state index contributed by atoms with van der Waals surface area (Å²) in [5.74, 6) is 0.344. The van der Waals surface area contributed by atoms with E-state index in [1.807, 2.05) is 0 Å². The molecular formula is C12H21NO3. The molecule has 1 saturated heterocycles. The average molecular weight is 227 g/mol. The molecule has 92 valence electrons. The minimum absolute atomic E-state index is 0.122. The number of hydrogen-bond acceptors (Lipinski definition) is 4. The van der Waals surface area contributed by atoms with Gasteiger partial charge in [-0.05, 0) is 31.6 Å². The van der Waals surface area contributed by atoms with Crippen LogP contribution in [0.15, 0.2) is 0 Å². The van der Waals surface area contributed by atoms with Crippen LogP contribution in [0.4, 0.5) is 0 Å². The normalized spacial score (nSPS) is 27.4. The summed E-state index contributed by atoms with van der Waals surface area (Å²) in [4.78, 5) is 11.6. The standard InChI is InChI=1S/C12H21NO3/c1-15-12(14)11(9-4-2-5-9)13-8-10-6-3-7-16-10/h9-11,13H,2-8H2,1H3. The van der Waals surface area contributed by atoms with Gasteiger partial charge in [-0.25, -0.2) is 0 Å². The molecule has 2 unspecified atom stereocenters. The lowest BCUT2D eigenvalue weighted by atomic mass is 9.79. The van der Waals surface area contributed by atoms with Crippen molar-refractivity contribution in [2.24, 2.45) is 5.92 Å². The van der Waals surface area contributed by atoms with E-state index in [9.17, 15) is 4.79 Å². The second-order valence-electron chi connectivity index (χ2n) is 4.74. The molecule has 1 saturated carbocycles. The molecule has 1 heterocycles. The number of esters is 1. The molecular weight excluding hydrogens is 206 g/mol. The predicted molar refractivity (Wildman–Crippen MR) is 60.1 cm³/mol. The first-order valence-corrected chi connectivity index (χ1v) is 6.24. The van der Waals surface area contributed by atoms with Crippen LogP contribution in [-0.4, -0.2) is 38.4 Å². The molecule has 0 aromatic rings. The van der Waals surface area contributed by atoms with E-state index in [1.54, 1.807) is 0 Å². The topological polar surface area (TPSA) is 47.6 Å². The van der Waals surface area contributed by atoms with Gasteiger partial charge in [-0.3, -0.25) is 4.79 Å². The molecule has 16 heavy (non-hydrogen) atoms. The number of ether oxygens (including phenoxy) is 2. The molecule has 0 spiro atoms. The van der Waals surface area contributed by atoms with Crippen molar-refractivity contribution in [2.75, 3.05) is 20.3 Å². The number of carbonyl (C=O) groups is 1. The zero-order valence-corrected chi connectivity index (χ0v) is 9.91. The minimum atomic E-state index is -0.123. The summed E-state index contributed by atoms with van der Waals surface area (Å²) in [5, 5.41) is 3.31. The monoisotopic (exact) mass is 227 g/mol. The third-order valence-electron chi connectivity index (χ3n) is 3.67. The van der Waals surface area contributed by atoms with E-state index < -0.39 is 0 Å². The third kappa shape index (κ3) is 2.74. The maximum atomic E-state index is 11.6. The molecule has 4 heteroatoms. The van der Waals surface area contributed by atoms with Gasteiger partial charge in [0.05, 0.1) is 13.2 Å². The molecule has 0 bridgehead atoms. The van der Waals surface area contributed by atoms with E-state index in [4.69, 9.17) is 9.47 Å². The molecule has 0 amide bonds. The summed E-state index contributed by atoms with van der Waals surface area (Å²) >= 11 is 0. The average Bonchev–Trinajstić information content (AvgIpc) is 2.73. The lowest BCUT2D eigenvalue weighted by molar-refractivity contribution is -0.145. The molecule has 2 fully saturated rings. The van der Waals surface area contributed by atoms with E-state index in [0.717, 1.165) is 38.8 Å².